The van der Waals surface area contributed by atoms with E-state index in [1.807, 2.05) is 0 Å². The fraction of sp³-hybridized carbons (Fsp3) is 0.286. The van der Waals surface area contributed by atoms with Gasteiger partial charge in [0.2, 0.25) is 0 Å². The zero-order valence-corrected chi connectivity index (χ0v) is 38.3. The standard InChI is InChI=1S/C56H55BN2Si/c1-32-16-20-35(21-17-32)59-48-31-43-38(39-28-44-45(30-42(39)56(43,7)8)55(5,6)25-24-54(44,3)4)27-40(48)41-29-49(60(9,10)11)50-37-22-19-34-14-12-13-15-36(34)52(37)58-47-23-18-33(2)26-46(47)57(59)51(41)53(50)58/h12-23,26-31H,24-25H2,1-11H3. The summed E-state index contributed by atoms with van der Waals surface area (Å²) in [5.41, 5.74) is 23.8. The summed E-state index contributed by atoms with van der Waals surface area (Å²) in [6, 6.07) is 43.7. The average Bonchev–Trinajstić information content (AvgIpc) is 3.67. The van der Waals surface area contributed by atoms with Crippen LogP contribution in [0.4, 0.5) is 11.4 Å². The smallest absolute Gasteiger partial charge is 0.333 e. The van der Waals surface area contributed by atoms with Crippen LogP contribution in [0.3, 0.4) is 0 Å². The number of hydrogen-bond acceptors (Lipinski definition) is 1. The van der Waals surface area contributed by atoms with E-state index in [2.05, 4.69) is 194 Å². The van der Waals surface area contributed by atoms with Crippen molar-refractivity contribution in [1.29, 1.82) is 0 Å². The van der Waals surface area contributed by atoms with Gasteiger partial charge in [-0.3, -0.25) is 0 Å². The minimum Gasteiger partial charge on any atom is -0.376 e. The van der Waals surface area contributed by atoms with Gasteiger partial charge in [0.1, 0.15) is 0 Å². The first-order valence-electron chi connectivity index (χ1n) is 22.3. The summed E-state index contributed by atoms with van der Waals surface area (Å²) in [4.78, 5) is 2.73. The Kier molecular flexibility index (Phi) is 7.02. The second-order valence-corrected chi connectivity index (χ2v) is 26.8. The third-order valence-corrected chi connectivity index (χ3v) is 17.7. The van der Waals surface area contributed by atoms with Crippen LogP contribution in [0.15, 0.2) is 109 Å². The number of fused-ring (bicyclic) bond motifs is 14. The molecule has 0 saturated heterocycles. The van der Waals surface area contributed by atoms with E-state index >= 15 is 0 Å². The van der Waals surface area contributed by atoms with E-state index in [0.29, 0.717) is 0 Å². The normalized spacial score (nSPS) is 17.4. The molecule has 2 nitrogen and oxygen atoms in total. The molecule has 12 rings (SSSR count). The molecule has 0 N–H and O–H groups in total. The van der Waals surface area contributed by atoms with Crippen LogP contribution in [0.2, 0.25) is 19.6 Å². The van der Waals surface area contributed by atoms with Crippen molar-refractivity contribution in [2.75, 3.05) is 4.81 Å². The first kappa shape index (κ1) is 36.5. The second kappa shape index (κ2) is 11.5. The van der Waals surface area contributed by atoms with Crippen molar-refractivity contribution in [1.82, 2.24) is 4.57 Å². The van der Waals surface area contributed by atoms with E-state index in [1.165, 1.54) is 118 Å². The van der Waals surface area contributed by atoms with Crippen molar-refractivity contribution >= 4 is 75.0 Å². The first-order valence-corrected chi connectivity index (χ1v) is 25.8. The zero-order chi connectivity index (χ0) is 41.6. The maximum absolute atomic E-state index is 2.73. The van der Waals surface area contributed by atoms with Crippen LogP contribution in [-0.2, 0) is 16.2 Å². The van der Waals surface area contributed by atoms with Gasteiger partial charge in [0.15, 0.2) is 0 Å². The average molecular weight is 795 g/mol. The maximum Gasteiger partial charge on any atom is 0.333 e. The molecular formula is C56H55BN2Si. The monoisotopic (exact) mass is 794 g/mol. The minimum absolute atomic E-state index is 0.00483. The summed E-state index contributed by atoms with van der Waals surface area (Å²) in [6.07, 6.45) is 2.44. The first-order chi connectivity index (χ1) is 28.5. The van der Waals surface area contributed by atoms with E-state index < -0.39 is 8.07 Å². The summed E-state index contributed by atoms with van der Waals surface area (Å²) in [6.45, 7) is 27.0. The highest BCUT2D eigenvalue weighted by molar-refractivity contribution is 6.95. The molecule has 0 atom stereocenters. The summed E-state index contributed by atoms with van der Waals surface area (Å²) in [5, 5.41) is 7.01. The van der Waals surface area contributed by atoms with Crippen LogP contribution in [0.1, 0.15) is 87.8 Å². The number of anilines is 2. The lowest BCUT2D eigenvalue weighted by Crippen LogP contribution is -2.61. The third kappa shape index (κ3) is 4.61. The van der Waals surface area contributed by atoms with E-state index in [1.54, 1.807) is 16.3 Å². The summed E-state index contributed by atoms with van der Waals surface area (Å²) in [7, 11) is -1.91. The van der Waals surface area contributed by atoms with Crippen molar-refractivity contribution in [3.63, 3.8) is 0 Å². The highest BCUT2D eigenvalue weighted by Crippen LogP contribution is 2.57. The zero-order valence-electron chi connectivity index (χ0n) is 37.3. The largest absolute Gasteiger partial charge is 0.376 e. The third-order valence-electron chi connectivity index (χ3n) is 15.6. The second-order valence-electron chi connectivity index (χ2n) is 21.8. The molecule has 4 aliphatic rings. The molecule has 1 aromatic heterocycles. The molecule has 0 radical (unpaired) electrons. The Balaban J connectivity index is 1.27. The van der Waals surface area contributed by atoms with Gasteiger partial charge < -0.3 is 9.38 Å². The Hall–Kier alpha value is -5.32. The molecule has 0 fully saturated rings. The van der Waals surface area contributed by atoms with Crippen LogP contribution >= 0.6 is 0 Å². The van der Waals surface area contributed by atoms with Gasteiger partial charge in [-0.05, 0) is 134 Å². The number of hydrogen-bond donors (Lipinski definition) is 0. The lowest BCUT2D eigenvalue weighted by atomic mass is 9.43. The summed E-state index contributed by atoms with van der Waals surface area (Å²) >= 11 is 0. The van der Waals surface area contributed by atoms with Crippen molar-refractivity contribution in [2.24, 2.45) is 0 Å². The van der Waals surface area contributed by atoms with Gasteiger partial charge in [-0.25, -0.2) is 0 Å². The van der Waals surface area contributed by atoms with E-state index in [-0.39, 0.29) is 23.1 Å². The van der Waals surface area contributed by atoms with Gasteiger partial charge in [-0.15, -0.1) is 0 Å². The van der Waals surface area contributed by atoms with E-state index in [4.69, 9.17) is 0 Å². The number of benzene rings is 7. The Morgan fingerprint density at radius 1 is 0.550 bits per heavy atom. The fourth-order valence-corrected chi connectivity index (χ4v) is 13.8. The molecule has 0 saturated carbocycles. The molecule has 296 valence electrons. The molecular weight excluding hydrogens is 740 g/mol. The minimum atomic E-state index is -1.91. The van der Waals surface area contributed by atoms with Gasteiger partial charge in [-0.2, -0.15) is 0 Å². The molecule has 60 heavy (non-hydrogen) atoms. The highest BCUT2D eigenvalue weighted by Gasteiger charge is 2.48. The molecule has 0 spiro atoms. The SMILES string of the molecule is Cc1ccc(N2B3c4cc(C)ccc4-n4c5c3c(cc([Si](C)(C)C)c5c3ccc5ccccc5c34)-c3cc4c(cc32)C(C)(C)c2cc3c(cc2-4)C(C)(C)CCC3(C)C)cc1. The number of aromatic nitrogens is 1. The predicted molar refractivity (Wildman–Crippen MR) is 263 cm³/mol. The van der Waals surface area contributed by atoms with Gasteiger partial charge >= 0.3 is 6.85 Å². The van der Waals surface area contributed by atoms with Gasteiger partial charge in [0.25, 0.3) is 0 Å². The Morgan fingerprint density at radius 3 is 1.95 bits per heavy atom. The molecule has 4 heteroatoms. The predicted octanol–water partition coefficient (Wildman–Crippen LogP) is 13.0. The van der Waals surface area contributed by atoms with Gasteiger partial charge in [0.05, 0.1) is 19.1 Å². The van der Waals surface area contributed by atoms with Crippen LogP contribution < -0.4 is 20.9 Å². The quantitative estimate of drug-likeness (QED) is 0.158. The van der Waals surface area contributed by atoms with Crippen molar-refractivity contribution in [3.05, 3.63) is 143 Å². The van der Waals surface area contributed by atoms with Crippen LogP contribution in [0.5, 0.6) is 0 Å². The molecule has 0 amide bonds. The number of aryl methyl sites for hydroxylation is 2. The van der Waals surface area contributed by atoms with Crippen molar-refractivity contribution < 1.29 is 0 Å². The van der Waals surface area contributed by atoms with Crippen LogP contribution in [0, 0.1) is 13.8 Å². The molecule has 3 heterocycles. The Labute approximate surface area is 357 Å². The Bertz CT molecular complexity index is 3240. The summed E-state index contributed by atoms with van der Waals surface area (Å²) in [5.74, 6) is 0. The lowest BCUT2D eigenvalue weighted by Gasteiger charge is -2.43. The van der Waals surface area contributed by atoms with Gasteiger partial charge in [-0.1, -0.05) is 145 Å². The molecule has 0 bridgehead atoms. The molecule has 8 aromatic rings. The summed E-state index contributed by atoms with van der Waals surface area (Å²) < 4.78 is 2.70. The maximum atomic E-state index is 2.73. The van der Waals surface area contributed by atoms with E-state index in [0.717, 1.165) is 0 Å². The number of rotatable bonds is 2. The highest BCUT2D eigenvalue weighted by atomic mass is 28.3. The van der Waals surface area contributed by atoms with Crippen molar-refractivity contribution in [2.45, 2.75) is 104 Å². The number of nitrogens with zero attached hydrogens (tertiary/aromatic N) is 2. The topological polar surface area (TPSA) is 8.17 Å². The molecule has 2 aliphatic heterocycles. The molecule has 0 unspecified atom stereocenters. The molecule has 2 aliphatic carbocycles. The van der Waals surface area contributed by atoms with Gasteiger partial charge in [0, 0.05) is 44.2 Å². The van der Waals surface area contributed by atoms with Crippen LogP contribution in [0.25, 0.3) is 60.5 Å². The van der Waals surface area contributed by atoms with E-state index in [9.17, 15) is 0 Å². The molecule has 7 aromatic carbocycles. The van der Waals surface area contributed by atoms with Crippen LogP contribution in [-0.4, -0.2) is 19.5 Å². The van der Waals surface area contributed by atoms with Crippen molar-refractivity contribution in [3.8, 4) is 27.9 Å². The lowest BCUT2D eigenvalue weighted by molar-refractivity contribution is 0.331. The Morgan fingerprint density at radius 2 is 1.22 bits per heavy atom. The fourth-order valence-electron chi connectivity index (χ4n) is 12.2.